The van der Waals surface area contributed by atoms with Crippen molar-refractivity contribution in [2.24, 2.45) is 0 Å². The molecule has 1 saturated heterocycles. The van der Waals surface area contributed by atoms with E-state index in [1.807, 2.05) is 0 Å². The number of fused-ring (bicyclic) bond motifs is 1. The Morgan fingerprint density at radius 2 is 2.07 bits per heavy atom. The fraction of sp³-hybridized carbons (Fsp3) is 0.350. The van der Waals surface area contributed by atoms with Gasteiger partial charge in [-0.3, -0.25) is 4.79 Å². The zero-order valence-electron chi connectivity index (χ0n) is 15.9. The standard InChI is InChI=1S/C20H21ClN2O5S/c1-27-18-7-5-14(23-9-2-3-20(23)24)12-19(18)29(25,26)22-16-8-10-28-17-6-4-13(21)11-15(16)17/h4-7,11-12,16,22H,2-3,8-10H2,1H3. The highest BCUT2D eigenvalue weighted by Gasteiger charge is 2.30. The average molecular weight is 437 g/mol. The fourth-order valence-electron chi connectivity index (χ4n) is 3.70. The molecule has 29 heavy (non-hydrogen) atoms. The van der Waals surface area contributed by atoms with Crippen molar-refractivity contribution in [3.63, 3.8) is 0 Å². The van der Waals surface area contributed by atoms with Gasteiger partial charge in [-0.2, -0.15) is 0 Å². The first-order valence-corrected chi connectivity index (χ1v) is 11.2. The van der Waals surface area contributed by atoms with Crippen molar-refractivity contribution in [3.8, 4) is 11.5 Å². The highest BCUT2D eigenvalue weighted by Crippen LogP contribution is 2.36. The summed E-state index contributed by atoms with van der Waals surface area (Å²) in [7, 11) is -2.52. The molecule has 7 nitrogen and oxygen atoms in total. The van der Waals surface area contributed by atoms with E-state index in [-0.39, 0.29) is 16.6 Å². The van der Waals surface area contributed by atoms with Gasteiger partial charge >= 0.3 is 0 Å². The Morgan fingerprint density at radius 3 is 2.79 bits per heavy atom. The average Bonchev–Trinajstić information content (AvgIpc) is 3.13. The van der Waals surface area contributed by atoms with Crippen molar-refractivity contribution in [2.75, 3.05) is 25.2 Å². The van der Waals surface area contributed by atoms with E-state index in [0.717, 1.165) is 6.42 Å². The third-order valence-corrected chi connectivity index (χ3v) is 6.86. The molecule has 2 heterocycles. The molecule has 0 aromatic heterocycles. The zero-order chi connectivity index (χ0) is 20.6. The van der Waals surface area contributed by atoms with Gasteiger partial charge in [0.2, 0.25) is 15.9 Å². The number of methoxy groups -OCH3 is 1. The maximum Gasteiger partial charge on any atom is 0.244 e. The molecule has 154 valence electrons. The molecule has 9 heteroatoms. The number of rotatable bonds is 5. The number of carbonyl (C=O) groups excluding carboxylic acids is 1. The van der Waals surface area contributed by atoms with Crippen LogP contribution in [0.5, 0.6) is 11.5 Å². The maximum atomic E-state index is 13.3. The summed E-state index contributed by atoms with van der Waals surface area (Å²) in [6.07, 6.45) is 1.69. The lowest BCUT2D eigenvalue weighted by atomic mass is 10.0. The Bertz CT molecular complexity index is 1060. The van der Waals surface area contributed by atoms with E-state index < -0.39 is 16.1 Å². The number of nitrogens with one attached hydrogen (secondary N) is 1. The van der Waals surface area contributed by atoms with E-state index in [1.54, 1.807) is 35.2 Å². The minimum Gasteiger partial charge on any atom is -0.495 e. The van der Waals surface area contributed by atoms with Gasteiger partial charge in [0.05, 0.1) is 19.8 Å². The van der Waals surface area contributed by atoms with Gasteiger partial charge in [-0.25, -0.2) is 13.1 Å². The number of ether oxygens (including phenoxy) is 2. The van der Waals surface area contributed by atoms with Crippen LogP contribution >= 0.6 is 11.6 Å². The largest absolute Gasteiger partial charge is 0.495 e. The van der Waals surface area contributed by atoms with Crippen LogP contribution in [-0.2, 0) is 14.8 Å². The number of sulfonamides is 1. The summed E-state index contributed by atoms with van der Waals surface area (Å²) in [5.41, 5.74) is 1.24. The maximum absolute atomic E-state index is 13.3. The minimum atomic E-state index is -3.94. The van der Waals surface area contributed by atoms with Gasteiger partial charge in [0.25, 0.3) is 0 Å². The van der Waals surface area contributed by atoms with Crippen molar-refractivity contribution in [1.82, 2.24) is 4.72 Å². The van der Waals surface area contributed by atoms with E-state index in [9.17, 15) is 13.2 Å². The molecule has 4 rings (SSSR count). The Hall–Kier alpha value is -2.29. The minimum absolute atomic E-state index is 0.00716. The van der Waals surface area contributed by atoms with Gasteiger partial charge < -0.3 is 14.4 Å². The number of amides is 1. The number of nitrogens with zero attached hydrogens (tertiary/aromatic N) is 1. The lowest BCUT2D eigenvalue weighted by Crippen LogP contribution is -2.32. The molecular weight excluding hydrogens is 416 g/mol. The third kappa shape index (κ3) is 3.92. The van der Waals surface area contributed by atoms with Crippen LogP contribution in [0.2, 0.25) is 5.02 Å². The summed E-state index contributed by atoms with van der Waals surface area (Å²) >= 11 is 6.09. The molecule has 1 N–H and O–H groups in total. The Labute approximate surface area is 174 Å². The number of halogens is 1. The molecule has 1 fully saturated rings. The van der Waals surface area contributed by atoms with E-state index >= 15 is 0 Å². The second-order valence-corrected chi connectivity index (χ2v) is 9.10. The summed E-state index contributed by atoms with van der Waals surface area (Å²) in [4.78, 5) is 13.7. The van der Waals surface area contributed by atoms with Gasteiger partial charge in [-0.1, -0.05) is 11.6 Å². The first kappa shape index (κ1) is 20.0. The molecule has 2 aromatic carbocycles. The molecule has 0 radical (unpaired) electrons. The van der Waals surface area contributed by atoms with E-state index in [2.05, 4.69) is 4.72 Å². The predicted octanol–water partition coefficient (Wildman–Crippen LogP) is 3.28. The SMILES string of the molecule is COc1ccc(N2CCCC2=O)cc1S(=O)(=O)NC1CCOc2ccc(Cl)cc21. The second-order valence-electron chi connectivity index (χ2n) is 6.98. The predicted molar refractivity (Wildman–Crippen MR) is 109 cm³/mol. The fourth-order valence-corrected chi connectivity index (χ4v) is 5.32. The summed E-state index contributed by atoms with van der Waals surface area (Å²) in [6.45, 7) is 0.963. The first-order valence-electron chi connectivity index (χ1n) is 9.32. The number of carbonyl (C=O) groups is 1. The highest BCUT2D eigenvalue weighted by atomic mass is 35.5. The third-order valence-electron chi connectivity index (χ3n) is 5.13. The number of hydrogen-bond donors (Lipinski definition) is 1. The molecule has 0 saturated carbocycles. The number of anilines is 1. The lowest BCUT2D eigenvalue weighted by Gasteiger charge is -2.27. The van der Waals surface area contributed by atoms with E-state index in [0.29, 0.717) is 48.0 Å². The molecule has 2 aliphatic heterocycles. The van der Waals surface area contributed by atoms with Gasteiger partial charge in [-0.15, -0.1) is 0 Å². The number of hydrogen-bond acceptors (Lipinski definition) is 5. The normalized spacial score (nSPS) is 19.0. The van der Waals surface area contributed by atoms with Crippen LogP contribution in [0.1, 0.15) is 30.9 Å². The van der Waals surface area contributed by atoms with Crippen LogP contribution in [0, 0.1) is 0 Å². The van der Waals surface area contributed by atoms with Crippen LogP contribution in [0.3, 0.4) is 0 Å². The second kappa shape index (κ2) is 7.85. The van der Waals surface area contributed by atoms with Crippen LogP contribution in [0.25, 0.3) is 0 Å². The van der Waals surface area contributed by atoms with Gasteiger partial charge in [0.1, 0.15) is 16.4 Å². The Balaban J connectivity index is 1.69. The number of benzene rings is 2. The highest BCUT2D eigenvalue weighted by molar-refractivity contribution is 7.89. The molecule has 1 atom stereocenters. The van der Waals surface area contributed by atoms with Crippen molar-refractivity contribution >= 4 is 33.2 Å². The first-order chi connectivity index (χ1) is 13.9. The quantitative estimate of drug-likeness (QED) is 0.777. The molecule has 0 bridgehead atoms. The molecule has 1 amide bonds. The molecule has 1 unspecified atom stereocenters. The van der Waals surface area contributed by atoms with Crippen molar-refractivity contribution < 1.29 is 22.7 Å². The lowest BCUT2D eigenvalue weighted by molar-refractivity contribution is -0.117. The van der Waals surface area contributed by atoms with Crippen molar-refractivity contribution in [1.29, 1.82) is 0 Å². The van der Waals surface area contributed by atoms with E-state index in [1.165, 1.54) is 13.2 Å². The zero-order valence-corrected chi connectivity index (χ0v) is 17.4. The van der Waals surface area contributed by atoms with Crippen LogP contribution in [0.15, 0.2) is 41.3 Å². The van der Waals surface area contributed by atoms with Crippen LogP contribution in [-0.4, -0.2) is 34.6 Å². The van der Waals surface area contributed by atoms with Crippen LogP contribution in [0.4, 0.5) is 5.69 Å². The summed E-state index contributed by atoms with van der Waals surface area (Å²) < 4.78 is 40.2. The summed E-state index contributed by atoms with van der Waals surface area (Å²) in [6, 6.07) is 9.43. The molecule has 2 aliphatic rings. The Morgan fingerprint density at radius 1 is 1.24 bits per heavy atom. The van der Waals surface area contributed by atoms with Gasteiger partial charge in [0.15, 0.2) is 0 Å². The molecule has 2 aromatic rings. The molecular formula is C20H21ClN2O5S. The van der Waals surface area contributed by atoms with Crippen molar-refractivity contribution in [2.45, 2.75) is 30.2 Å². The Kier molecular flexibility index (Phi) is 5.42. The smallest absolute Gasteiger partial charge is 0.244 e. The molecule has 0 aliphatic carbocycles. The van der Waals surface area contributed by atoms with E-state index in [4.69, 9.17) is 21.1 Å². The van der Waals surface area contributed by atoms with Gasteiger partial charge in [-0.05, 0) is 42.8 Å². The topological polar surface area (TPSA) is 84.9 Å². The van der Waals surface area contributed by atoms with Crippen molar-refractivity contribution in [3.05, 3.63) is 47.0 Å². The molecule has 0 spiro atoms. The summed E-state index contributed by atoms with van der Waals surface area (Å²) in [5.74, 6) is 0.808. The monoisotopic (exact) mass is 436 g/mol. The van der Waals surface area contributed by atoms with Crippen LogP contribution < -0.4 is 19.1 Å². The van der Waals surface area contributed by atoms with Gasteiger partial charge in [0, 0.05) is 35.7 Å². The summed E-state index contributed by atoms with van der Waals surface area (Å²) in [5, 5.41) is 0.505.